The summed E-state index contributed by atoms with van der Waals surface area (Å²) in [5, 5.41) is 3.83. The molecule has 4 aliphatic carbocycles. The van der Waals surface area contributed by atoms with Gasteiger partial charge in [0.25, 0.3) is 5.56 Å². The summed E-state index contributed by atoms with van der Waals surface area (Å²) in [5.41, 5.74) is 9.06. The Bertz CT molecular complexity index is 1570. The number of H-pyrrole nitrogens is 1. The number of aromatic amines is 1. The number of azide groups is 1. The van der Waals surface area contributed by atoms with Crippen LogP contribution < -0.4 is 11.2 Å². The minimum Gasteiger partial charge on any atom is -0.352 e. The van der Waals surface area contributed by atoms with E-state index in [9.17, 15) is 14.2 Å². The van der Waals surface area contributed by atoms with E-state index in [0.29, 0.717) is 28.7 Å². The van der Waals surface area contributed by atoms with Crippen LogP contribution in [0.15, 0.2) is 33.1 Å². The van der Waals surface area contributed by atoms with Crippen molar-refractivity contribution in [1.82, 2.24) is 9.55 Å². The number of rotatable bonds is 12. The summed E-state index contributed by atoms with van der Waals surface area (Å²) in [5.74, 6) is 4.92. The molecule has 4 fully saturated rings. The highest BCUT2D eigenvalue weighted by atomic mass is 31.1. The van der Waals surface area contributed by atoms with Gasteiger partial charge in [-0.15, -0.1) is 9.05 Å². The van der Waals surface area contributed by atoms with Crippen molar-refractivity contribution in [3.05, 3.63) is 55.2 Å². The quantitative estimate of drug-likeness (QED) is 0.0759. The molecule has 1 aromatic heterocycles. The predicted octanol–water partition coefficient (Wildman–Crippen LogP) is 8.77. The predicted molar refractivity (Wildman–Crippen MR) is 189 cm³/mol. The zero-order chi connectivity index (χ0) is 35.1. The van der Waals surface area contributed by atoms with Gasteiger partial charge in [0, 0.05) is 27.7 Å². The Kier molecular flexibility index (Phi) is 11.0. The van der Waals surface area contributed by atoms with Gasteiger partial charge in [0.2, 0.25) is 0 Å². The number of nitrogens with zero attached hydrogens (tertiary/aromatic N) is 4. The topological polar surface area (TPSA) is 148 Å². The smallest absolute Gasteiger partial charge is 0.352 e. The molecular weight excluding hydrogens is 641 g/mol. The van der Waals surface area contributed by atoms with Crippen LogP contribution in [0.4, 0.5) is 0 Å². The summed E-state index contributed by atoms with van der Waals surface area (Å²) in [6, 6.07) is -0.631. The Morgan fingerprint density at radius 1 is 1.08 bits per heavy atom. The lowest BCUT2D eigenvalue weighted by Gasteiger charge is -2.59. The molecule has 5 aliphatic rings. The van der Waals surface area contributed by atoms with E-state index in [2.05, 4.69) is 61.8 Å². The number of nitrogens with one attached hydrogen (secondary N) is 1. The Morgan fingerprint density at radius 2 is 1.84 bits per heavy atom. The molecule has 1 N–H and O–H groups in total. The lowest BCUT2D eigenvalue weighted by molar-refractivity contribution is -0.0794. The summed E-state index contributed by atoms with van der Waals surface area (Å²) in [7, 11) is -2.43. The zero-order valence-electron chi connectivity index (χ0n) is 30.3. The van der Waals surface area contributed by atoms with Crippen molar-refractivity contribution in [2.75, 3.05) is 6.61 Å². The molecule has 11 nitrogen and oxygen atoms in total. The molecule has 12 heteroatoms. The number of aromatic nitrogens is 2. The van der Waals surface area contributed by atoms with E-state index in [1.807, 2.05) is 0 Å². The fourth-order valence-corrected chi connectivity index (χ4v) is 11.8. The van der Waals surface area contributed by atoms with Crippen LogP contribution in [-0.2, 0) is 18.3 Å². The molecule has 6 rings (SSSR count). The lowest BCUT2D eigenvalue weighted by Crippen LogP contribution is -2.52. The number of aryl methyl sites for hydroxylation is 1. The second-order valence-corrected chi connectivity index (χ2v) is 17.9. The Hall–Kier alpha value is -2.29. The summed E-state index contributed by atoms with van der Waals surface area (Å²) in [6.07, 6.45) is 17.2. The highest BCUT2D eigenvalue weighted by Gasteiger charge is 2.60. The molecule has 49 heavy (non-hydrogen) atoms. The van der Waals surface area contributed by atoms with Crippen molar-refractivity contribution < 1.29 is 18.3 Å². The second kappa shape index (κ2) is 14.7. The van der Waals surface area contributed by atoms with Gasteiger partial charge < -0.3 is 4.74 Å². The van der Waals surface area contributed by atoms with Gasteiger partial charge in [-0.3, -0.25) is 14.3 Å². The number of ether oxygens (including phenoxy) is 1. The van der Waals surface area contributed by atoms with Gasteiger partial charge in [-0.1, -0.05) is 71.1 Å². The number of allylic oxidation sites excluding steroid dienone is 2. The van der Waals surface area contributed by atoms with Crippen molar-refractivity contribution in [2.24, 2.45) is 57.4 Å². The second-order valence-electron chi connectivity index (χ2n) is 17.0. The van der Waals surface area contributed by atoms with Gasteiger partial charge in [-0.25, -0.2) is 4.79 Å². The standard InChI is InChI=1S/C37H56N5O6P/c1-22(2)8-7-9-23(3)28-12-13-29-27-11-10-25-18-26(14-16-36(25,5)30(27)15-17-37(28,29)6)48-49(45)46-21-32-31(40-41-38)19-33(47-32)42-20-24(4)34(43)39-35(42)44/h10-11,20,22-23,25-33H,7-9,12-19,21H2,1-6H3/p+1/t23-,25?,26+,27+,28-,29+,30+,31-,32+,33+,36+,37-/m1/s1. The third-order valence-electron chi connectivity index (χ3n) is 13.8. The lowest BCUT2D eigenvalue weighted by atomic mass is 9.46. The minimum atomic E-state index is -2.43. The van der Waals surface area contributed by atoms with Crippen LogP contribution in [0.2, 0.25) is 0 Å². The summed E-state index contributed by atoms with van der Waals surface area (Å²) in [6.45, 7) is 13.8. The third kappa shape index (κ3) is 7.26. The van der Waals surface area contributed by atoms with Crippen LogP contribution in [0.25, 0.3) is 10.4 Å². The molecule has 0 radical (unpaired) electrons. The normalized spacial score (nSPS) is 39.2. The number of hydrogen-bond donors (Lipinski definition) is 1. The van der Waals surface area contributed by atoms with E-state index in [1.54, 1.807) is 6.92 Å². The number of hydrogen-bond acceptors (Lipinski definition) is 7. The van der Waals surface area contributed by atoms with Gasteiger partial charge in [0.05, 0.1) is 12.1 Å². The van der Waals surface area contributed by atoms with Gasteiger partial charge in [0.15, 0.2) is 0 Å². The van der Waals surface area contributed by atoms with Crippen LogP contribution >= 0.6 is 8.25 Å². The van der Waals surface area contributed by atoms with E-state index in [4.69, 9.17) is 19.3 Å². The van der Waals surface area contributed by atoms with Crippen LogP contribution in [0, 0.1) is 59.2 Å². The largest absolute Gasteiger partial charge is 0.697 e. The van der Waals surface area contributed by atoms with Crippen molar-refractivity contribution in [2.45, 2.75) is 137 Å². The average molecular weight is 699 g/mol. The van der Waals surface area contributed by atoms with E-state index in [-0.39, 0.29) is 24.5 Å². The molecule has 2 unspecified atom stereocenters. The average Bonchev–Trinajstić information content (AvgIpc) is 3.62. The fourth-order valence-electron chi connectivity index (χ4n) is 11.0. The first-order chi connectivity index (χ1) is 23.3. The fraction of sp³-hybridized carbons (Fsp3) is 0.838. The van der Waals surface area contributed by atoms with Crippen molar-refractivity contribution in [3.8, 4) is 0 Å². The zero-order valence-corrected chi connectivity index (χ0v) is 31.1. The molecule has 0 spiro atoms. The van der Waals surface area contributed by atoms with Crippen LogP contribution in [0.5, 0.6) is 0 Å². The van der Waals surface area contributed by atoms with Gasteiger partial charge in [-0.05, 0) is 110 Å². The van der Waals surface area contributed by atoms with Crippen LogP contribution in [0.3, 0.4) is 0 Å². The highest BCUT2D eigenvalue weighted by molar-refractivity contribution is 7.33. The molecule has 13 atom stereocenters. The highest BCUT2D eigenvalue weighted by Crippen LogP contribution is 2.67. The monoisotopic (exact) mass is 698 g/mol. The molecule has 1 saturated heterocycles. The van der Waals surface area contributed by atoms with Gasteiger partial charge in [0.1, 0.15) is 18.9 Å². The van der Waals surface area contributed by atoms with Crippen LogP contribution in [0.1, 0.15) is 117 Å². The number of fused-ring (bicyclic) bond motifs is 5. The first kappa shape index (κ1) is 36.5. The SMILES string of the molecule is Cc1cn([C@@H]2C[C@@H](N=[N+]=[N-])[C@H](CO[P+](=O)O[C@H]3CC[C@@]4(C)C(C=C[C@H]5[C@@H]6CC[C@H]([C@H](C)CCCC(C)C)[C@@]6(C)CC[C@@H]54)C3)O2)c(=O)[nH]c1=O. The Morgan fingerprint density at radius 3 is 2.59 bits per heavy atom. The van der Waals surface area contributed by atoms with Crippen molar-refractivity contribution in [1.29, 1.82) is 0 Å². The summed E-state index contributed by atoms with van der Waals surface area (Å²) in [4.78, 5) is 29.4. The molecule has 2 heterocycles. The minimum absolute atomic E-state index is 0.110. The molecule has 1 aromatic rings. The summed E-state index contributed by atoms with van der Waals surface area (Å²) >= 11 is 0. The molecule has 3 saturated carbocycles. The van der Waals surface area contributed by atoms with E-state index in [0.717, 1.165) is 42.9 Å². The van der Waals surface area contributed by atoms with E-state index >= 15 is 0 Å². The molecule has 0 amide bonds. The molecular formula is C37H57N5O6P+. The summed E-state index contributed by atoms with van der Waals surface area (Å²) < 4.78 is 32.0. The maximum Gasteiger partial charge on any atom is 0.697 e. The molecule has 0 aromatic carbocycles. The van der Waals surface area contributed by atoms with Gasteiger partial charge in [-0.2, -0.15) is 0 Å². The van der Waals surface area contributed by atoms with Gasteiger partial charge >= 0.3 is 13.9 Å². The third-order valence-corrected chi connectivity index (χ3v) is 14.6. The Labute approximate surface area is 291 Å². The first-order valence-electron chi connectivity index (χ1n) is 18.8. The van der Waals surface area contributed by atoms with E-state index < -0.39 is 37.9 Å². The maximum atomic E-state index is 13.1. The Balaban J connectivity index is 1.04. The molecule has 1 aliphatic heterocycles. The molecule has 270 valence electrons. The van der Waals surface area contributed by atoms with E-state index in [1.165, 1.54) is 55.7 Å². The van der Waals surface area contributed by atoms with Crippen molar-refractivity contribution >= 4 is 8.25 Å². The maximum absolute atomic E-state index is 13.1. The molecule has 0 bridgehead atoms. The van der Waals surface area contributed by atoms with Crippen molar-refractivity contribution in [3.63, 3.8) is 0 Å². The first-order valence-corrected chi connectivity index (χ1v) is 19.9. The van der Waals surface area contributed by atoms with Crippen LogP contribution in [-0.4, -0.2) is 34.4 Å².